The minimum absolute atomic E-state index is 0.106. The van der Waals surface area contributed by atoms with Crippen molar-refractivity contribution in [1.82, 2.24) is 0 Å². The Bertz CT molecular complexity index is 1780. The number of hydrogen-bond donors (Lipinski definition) is 0. The fourth-order valence-corrected chi connectivity index (χ4v) is 7.73. The van der Waals surface area contributed by atoms with E-state index in [1.165, 1.54) is 17.7 Å². The molecule has 0 radical (unpaired) electrons. The molecule has 3 aromatic carbocycles. The molecule has 0 amide bonds. The zero-order valence-electron chi connectivity index (χ0n) is 25.9. The van der Waals surface area contributed by atoms with Crippen molar-refractivity contribution >= 4 is 46.8 Å². The van der Waals surface area contributed by atoms with Gasteiger partial charge in [-0.1, -0.05) is 60.7 Å². The summed E-state index contributed by atoms with van der Waals surface area (Å²) >= 11 is 1.73. The highest BCUT2D eigenvalue weighted by molar-refractivity contribution is 8.00. The third kappa shape index (κ3) is 6.66. The topological polar surface area (TPSA) is 65.7 Å². The van der Waals surface area contributed by atoms with Crippen molar-refractivity contribution in [3.05, 3.63) is 77.4 Å². The van der Waals surface area contributed by atoms with E-state index >= 15 is 0 Å². The predicted molar refractivity (Wildman–Crippen MR) is 177 cm³/mol. The normalized spacial score (nSPS) is 20.1. The van der Waals surface area contributed by atoms with Gasteiger partial charge in [-0.2, -0.15) is 0 Å². The molecule has 5 nitrogen and oxygen atoms in total. The number of rotatable bonds is 6. The number of furan rings is 1. The van der Waals surface area contributed by atoms with Crippen molar-refractivity contribution in [2.45, 2.75) is 75.0 Å². The van der Waals surface area contributed by atoms with Crippen molar-refractivity contribution in [3.8, 4) is 22.3 Å². The molecule has 6 heteroatoms. The lowest BCUT2D eigenvalue weighted by Crippen LogP contribution is -2.29. The first kappa shape index (κ1) is 30.3. The number of ether oxygens (including phenoxy) is 2. The molecule has 1 heterocycles. The number of hydrogen-bond acceptors (Lipinski definition) is 6. The lowest BCUT2D eigenvalue weighted by molar-refractivity contribution is -0.160. The number of esters is 2. The van der Waals surface area contributed by atoms with Crippen LogP contribution in [0.1, 0.15) is 59.3 Å². The number of methoxy groups -OCH3 is 1. The largest absolute Gasteiger partial charge is 0.469 e. The van der Waals surface area contributed by atoms with Gasteiger partial charge >= 0.3 is 11.9 Å². The molecule has 1 fully saturated rings. The highest BCUT2D eigenvalue weighted by atomic mass is 32.2. The summed E-state index contributed by atoms with van der Waals surface area (Å²) in [4.78, 5) is 26.6. The highest BCUT2D eigenvalue weighted by Gasteiger charge is 2.35. The molecule has 0 bridgehead atoms. The maximum Gasteiger partial charge on any atom is 0.309 e. The third-order valence-electron chi connectivity index (χ3n) is 8.55. The third-order valence-corrected chi connectivity index (χ3v) is 9.81. The van der Waals surface area contributed by atoms with Gasteiger partial charge in [0.05, 0.1) is 18.9 Å². The Morgan fingerprint density at radius 2 is 1.41 bits per heavy atom. The Balaban J connectivity index is 1.18. The van der Waals surface area contributed by atoms with Gasteiger partial charge in [-0.25, -0.2) is 0 Å². The van der Waals surface area contributed by atoms with Crippen LogP contribution in [0.4, 0.5) is 0 Å². The Hall–Kier alpha value is -3.77. The van der Waals surface area contributed by atoms with E-state index in [4.69, 9.17) is 13.9 Å². The molecular formula is C38H40O5S. The zero-order valence-corrected chi connectivity index (χ0v) is 26.7. The molecule has 0 N–H and O–H groups in total. The van der Waals surface area contributed by atoms with E-state index in [1.807, 2.05) is 20.8 Å². The summed E-state index contributed by atoms with van der Waals surface area (Å²) in [5.74, 6) is -0.810. The van der Waals surface area contributed by atoms with Crippen molar-refractivity contribution in [1.29, 1.82) is 0 Å². The van der Waals surface area contributed by atoms with Gasteiger partial charge in [-0.15, -0.1) is 11.8 Å². The molecule has 44 heavy (non-hydrogen) atoms. The molecule has 3 unspecified atom stereocenters. The fraction of sp³-hybridized carbons (Fsp3) is 0.368. The Morgan fingerprint density at radius 3 is 2.07 bits per heavy atom. The second-order valence-electron chi connectivity index (χ2n) is 12.9. The molecule has 2 aliphatic rings. The minimum Gasteiger partial charge on any atom is -0.469 e. The number of fused-ring (bicyclic) bond motifs is 3. The zero-order chi connectivity index (χ0) is 30.8. The summed E-state index contributed by atoms with van der Waals surface area (Å²) < 4.78 is 17.1. The average molecular weight is 609 g/mol. The molecular weight excluding hydrogens is 568 g/mol. The van der Waals surface area contributed by atoms with Crippen LogP contribution in [0.15, 0.2) is 76.0 Å². The highest BCUT2D eigenvalue weighted by Crippen LogP contribution is 2.39. The molecule has 228 valence electrons. The lowest BCUT2D eigenvalue weighted by atomic mass is 9.98. The summed E-state index contributed by atoms with van der Waals surface area (Å²) in [6.45, 7) is 5.68. The van der Waals surface area contributed by atoms with Gasteiger partial charge < -0.3 is 13.9 Å². The predicted octanol–water partition coefficient (Wildman–Crippen LogP) is 7.90. The first-order valence-electron chi connectivity index (χ1n) is 15.6. The van der Waals surface area contributed by atoms with E-state index in [1.54, 1.807) is 11.8 Å². The van der Waals surface area contributed by atoms with Gasteiger partial charge in [0.15, 0.2) is 0 Å². The summed E-state index contributed by atoms with van der Waals surface area (Å²) in [6, 6.07) is 23.6. The molecule has 1 saturated carbocycles. The second-order valence-corrected chi connectivity index (χ2v) is 14.3. The minimum atomic E-state index is -0.537. The van der Waals surface area contributed by atoms with Crippen molar-refractivity contribution in [2.75, 3.05) is 7.11 Å². The lowest BCUT2D eigenvalue weighted by Gasteiger charge is -2.24. The first-order chi connectivity index (χ1) is 21.2. The first-order valence-corrected chi connectivity index (χ1v) is 16.5. The number of para-hydroxylation sites is 1. The standard InChI is InChI=1S/C38H40O5S/c1-38(2,3)43-37(40)28-17-16-27(36(39)41-4)22-30(23-28)44-29-20-18-25(19-21-29)24-12-14-26(15-13-24)31-9-7-10-33-32-8-5-6-11-34(32)42-35(31)33/h7-15,18-21,27-28,30H,5-6,16-17,22-23H2,1-4H3. The molecule has 3 atom stereocenters. The van der Waals surface area contributed by atoms with E-state index in [2.05, 4.69) is 78.9 Å². The van der Waals surface area contributed by atoms with E-state index < -0.39 is 5.60 Å². The number of thioether (sulfide) groups is 1. The summed E-state index contributed by atoms with van der Waals surface area (Å²) in [5, 5.41) is 2.50. The van der Waals surface area contributed by atoms with Crippen LogP contribution in [0, 0.1) is 11.8 Å². The SMILES string of the molecule is COC(=O)C1CCC(C(=O)OC(C)(C)C)CC(Sc2ccc(-c3ccc(-c4cccc5c6c(oc45)=CCCC=6)cc3)cc2)C1. The van der Waals surface area contributed by atoms with Gasteiger partial charge in [0, 0.05) is 26.3 Å². The molecule has 0 aliphatic heterocycles. The number of carbonyl (C=O) groups is 2. The van der Waals surface area contributed by atoms with Crippen LogP contribution in [0.25, 0.3) is 45.4 Å². The average Bonchev–Trinajstić information content (AvgIpc) is 3.27. The maximum atomic E-state index is 13.0. The Labute approximate surface area is 263 Å². The smallest absolute Gasteiger partial charge is 0.309 e. The molecule has 0 saturated heterocycles. The van der Waals surface area contributed by atoms with Crippen LogP contribution < -0.4 is 10.6 Å². The van der Waals surface area contributed by atoms with Crippen molar-refractivity contribution in [2.24, 2.45) is 11.8 Å². The van der Waals surface area contributed by atoms with Crippen LogP contribution >= 0.6 is 11.8 Å². The van der Waals surface area contributed by atoms with Crippen LogP contribution in [0.3, 0.4) is 0 Å². The van der Waals surface area contributed by atoms with Crippen molar-refractivity contribution < 1.29 is 23.5 Å². The van der Waals surface area contributed by atoms with Crippen LogP contribution in [0.5, 0.6) is 0 Å². The molecule has 4 aromatic rings. The van der Waals surface area contributed by atoms with Crippen molar-refractivity contribution in [3.63, 3.8) is 0 Å². The number of carbonyl (C=O) groups excluding carboxylic acids is 2. The van der Waals surface area contributed by atoms with E-state index in [0.29, 0.717) is 25.7 Å². The van der Waals surface area contributed by atoms with Crippen LogP contribution in [-0.2, 0) is 19.1 Å². The Morgan fingerprint density at radius 1 is 0.795 bits per heavy atom. The van der Waals surface area contributed by atoms with E-state index in [-0.39, 0.29) is 29.0 Å². The summed E-state index contributed by atoms with van der Waals surface area (Å²) in [6.07, 6.45) is 9.18. The monoisotopic (exact) mass is 608 g/mol. The Kier molecular flexibility index (Phi) is 8.73. The second kappa shape index (κ2) is 12.7. The fourth-order valence-electron chi connectivity index (χ4n) is 6.39. The van der Waals surface area contributed by atoms with Gasteiger partial charge in [-0.3, -0.25) is 9.59 Å². The van der Waals surface area contributed by atoms with Crippen LogP contribution in [-0.4, -0.2) is 29.9 Å². The molecule has 6 rings (SSSR count). The summed E-state index contributed by atoms with van der Waals surface area (Å²) in [7, 11) is 1.44. The number of benzene rings is 3. The van der Waals surface area contributed by atoms with Gasteiger partial charge in [0.25, 0.3) is 0 Å². The van der Waals surface area contributed by atoms with Gasteiger partial charge in [0.1, 0.15) is 16.6 Å². The molecule has 2 aliphatic carbocycles. The molecule has 0 spiro atoms. The van der Waals surface area contributed by atoms with E-state index in [9.17, 15) is 9.59 Å². The molecule has 1 aromatic heterocycles. The summed E-state index contributed by atoms with van der Waals surface area (Å²) in [5.41, 5.74) is 5.91. The van der Waals surface area contributed by atoms with E-state index in [0.717, 1.165) is 51.0 Å². The van der Waals surface area contributed by atoms with Crippen LogP contribution in [0.2, 0.25) is 0 Å². The van der Waals surface area contributed by atoms with Gasteiger partial charge in [0.2, 0.25) is 0 Å². The van der Waals surface area contributed by atoms with Gasteiger partial charge in [-0.05, 0) is 94.2 Å². The quantitative estimate of drug-likeness (QED) is 0.164. The maximum absolute atomic E-state index is 13.0.